The average Bonchev–Trinajstić information content (AvgIpc) is 2.74. The van der Waals surface area contributed by atoms with E-state index in [0.717, 1.165) is 11.3 Å². The maximum absolute atomic E-state index is 12.5. The summed E-state index contributed by atoms with van der Waals surface area (Å²) >= 11 is 6.21. The van der Waals surface area contributed by atoms with Gasteiger partial charge in [0.05, 0.1) is 24.3 Å². The summed E-state index contributed by atoms with van der Waals surface area (Å²) in [5, 5.41) is 3.32. The van der Waals surface area contributed by atoms with E-state index in [9.17, 15) is 4.79 Å². The van der Waals surface area contributed by atoms with Gasteiger partial charge in [0.15, 0.2) is 23.9 Å². The summed E-state index contributed by atoms with van der Waals surface area (Å²) in [5.41, 5.74) is 7.82. The molecule has 0 saturated carbocycles. The minimum atomic E-state index is -0.629. The number of nitrogens with two attached hydrogens (primary N) is 1. The smallest absolute Gasteiger partial charge is 0.338 e. The minimum absolute atomic E-state index is 0.00270. The molecular weight excluding hydrogens is 422 g/mol. The van der Waals surface area contributed by atoms with Crippen molar-refractivity contribution in [3.05, 3.63) is 58.4 Å². The Bertz CT molecular complexity index is 1090. The van der Waals surface area contributed by atoms with Crippen molar-refractivity contribution >= 4 is 35.2 Å². The van der Waals surface area contributed by atoms with Gasteiger partial charge < -0.3 is 25.3 Å². The van der Waals surface area contributed by atoms with E-state index in [1.165, 1.54) is 19.2 Å². The van der Waals surface area contributed by atoms with Crippen LogP contribution in [0.3, 0.4) is 0 Å². The van der Waals surface area contributed by atoms with Crippen molar-refractivity contribution in [1.29, 1.82) is 0 Å². The van der Waals surface area contributed by atoms with Crippen LogP contribution in [0, 0.1) is 6.92 Å². The second-order valence-corrected chi connectivity index (χ2v) is 6.78. The van der Waals surface area contributed by atoms with E-state index in [0.29, 0.717) is 18.1 Å². The third-order valence-electron chi connectivity index (χ3n) is 4.18. The summed E-state index contributed by atoms with van der Waals surface area (Å²) in [6.07, 6.45) is 0. The van der Waals surface area contributed by atoms with Crippen molar-refractivity contribution in [2.45, 2.75) is 20.5 Å². The maximum Gasteiger partial charge on any atom is 0.338 e. The van der Waals surface area contributed by atoms with Gasteiger partial charge in [-0.15, -0.1) is 0 Å². The van der Waals surface area contributed by atoms with Crippen LogP contribution >= 0.6 is 11.6 Å². The van der Waals surface area contributed by atoms with Crippen LogP contribution < -0.4 is 20.5 Å². The molecule has 0 fully saturated rings. The molecule has 3 N–H and O–H groups in total. The Balaban J connectivity index is 1.74. The fourth-order valence-corrected chi connectivity index (χ4v) is 2.99. The number of esters is 1. The second-order valence-electron chi connectivity index (χ2n) is 6.37. The van der Waals surface area contributed by atoms with Crippen molar-refractivity contribution in [2.24, 2.45) is 0 Å². The fourth-order valence-electron chi connectivity index (χ4n) is 2.73. The van der Waals surface area contributed by atoms with E-state index in [2.05, 4.69) is 20.3 Å². The fraction of sp³-hybridized carbons (Fsp3) is 0.238. The summed E-state index contributed by atoms with van der Waals surface area (Å²) in [4.78, 5) is 24.9. The zero-order valence-corrected chi connectivity index (χ0v) is 18.1. The first-order valence-electron chi connectivity index (χ1n) is 9.41. The van der Waals surface area contributed by atoms with E-state index in [1.807, 2.05) is 38.1 Å². The zero-order chi connectivity index (χ0) is 22.4. The number of carbonyl (C=O) groups excluding carboxylic acids is 1. The Morgan fingerprint density at radius 1 is 1.19 bits per heavy atom. The predicted octanol–water partition coefficient (Wildman–Crippen LogP) is 3.92. The highest BCUT2D eigenvalue weighted by molar-refractivity contribution is 6.32. The lowest BCUT2D eigenvalue weighted by Gasteiger charge is -2.13. The SMILES string of the molecule is CCOc1c(Cl)cc(C(=O)OCc2nc(N)nc(Nc3ccccc3C)n2)cc1OC. The lowest BCUT2D eigenvalue weighted by atomic mass is 10.2. The van der Waals surface area contributed by atoms with Crippen LogP contribution in [0.15, 0.2) is 36.4 Å². The third kappa shape index (κ3) is 5.52. The molecule has 1 aromatic heterocycles. The molecule has 0 radical (unpaired) electrons. The molecule has 10 heteroatoms. The van der Waals surface area contributed by atoms with E-state index in [1.54, 1.807) is 0 Å². The number of aromatic nitrogens is 3. The normalized spacial score (nSPS) is 10.5. The first-order valence-corrected chi connectivity index (χ1v) is 9.79. The highest BCUT2D eigenvalue weighted by Gasteiger charge is 2.17. The first kappa shape index (κ1) is 22.1. The highest BCUT2D eigenvalue weighted by Crippen LogP contribution is 2.36. The van der Waals surface area contributed by atoms with Gasteiger partial charge in [0.25, 0.3) is 0 Å². The Morgan fingerprint density at radius 2 is 1.97 bits per heavy atom. The molecule has 2 aromatic carbocycles. The molecule has 0 spiro atoms. The molecule has 162 valence electrons. The molecule has 0 aliphatic heterocycles. The van der Waals surface area contributed by atoms with Crippen molar-refractivity contribution < 1.29 is 19.0 Å². The average molecular weight is 444 g/mol. The summed E-state index contributed by atoms with van der Waals surface area (Å²) < 4.78 is 16.0. The number of methoxy groups -OCH3 is 1. The van der Waals surface area contributed by atoms with Crippen LogP contribution in [0.2, 0.25) is 5.02 Å². The number of nitrogens with zero attached hydrogens (tertiary/aromatic N) is 3. The van der Waals surface area contributed by atoms with E-state index < -0.39 is 5.97 Å². The Morgan fingerprint density at radius 3 is 2.68 bits per heavy atom. The molecule has 9 nitrogen and oxygen atoms in total. The number of nitrogens with one attached hydrogen (secondary N) is 1. The van der Waals surface area contributed by atoms with Gasteiger partial charge >= 0.3 is 5.97 Å². The van der Waals surface area contributed by atoms with Gasteiger partial charge in [-0.05, 0) is 37.6 Å². The molecular formula is C21H22ClN5O4. The largest absolute Gasteiger partial charge is 0.493 e. The van der Waals surface area contributed by atoms with Gasteiger partial charge in [-0.2, -0.15) is 15.0 Å². The Hall–Kier alpha value is -3.59. The molecule has 0 aliphatic carbocycles. The number of aryl methyl sites for hydroxylation is 1. The summed E-state index contributed by atoms with van der Waals surface area (Å²) in [6.45, 7) is 3.97. The molecule has 0 bridgehead atoms. The van der Waals surface area contributed by atoms with Crippen LogP contribution in [0.5, 0.6) is 11.5 Å². The number of hydrogen-bond acceptors (Lipinski definition) is 9. The number of hydrogen-bond donors (Lipinski definition) is 2. The molecule has 31 heavy (non-hydrogen) atoms. The lowest BCUT2D eigenvalue weighted by molar-refractivity contribution is 0.0461. The van der Waals surface area contributed by atoms with Gasteiger partial charge in [0.1, 0.15) is 0 Å². The second kappa shape index (κ2) is 9.94. The topological polar surface area (TPSA) is 121 Å². The van der Waals surface area contributed by atoms with Crippen molar-refractivity contribution in [1.82, 2.24) is 15.0 Å². The maximum atomic E-state index is 12.5. The van der Waals surface area contributed by atoms with Gasteiger partial charge in [-0.1, -0.05) is 29.8 Å². The first-order chi connectivity index (χ1) is 14.9. The predicted molar refractivity (Wildman–Crippen MR) is 117 cm³/mol. The third-order valence-corrected chi connectivity index (χ3v) is 4.46. The summed E-state index contributed by atoms with van der Waals surface area (Å²) in [6, 6.07) is 10.6. The van der Waals surface area contributed by atoms with Crippen LogP contribution in [0.1, 0.15) is 28.7 Å². The summed E-state index contributed by atoms with van der Waals surface area (Å²) in [5.74, 6) is 0.508. The molecule has 0 saturated heterocycles. The molecule has 0 atom stereocenters. The number of anilines is 3. The van der Waals surface area contributed by atoms with Crippen LogP contribution in [0.4, 0.5) is 17.6 Å². The number of halogens is 1. The number of para-hydroxylation sites is 1. The Kier molecular flexibility index (Phi) is 7.09. The molecule has 0 unspecified atom stereocenters. The number of benzene rings is 2. The van der Waals surface area contributed by atoms with E-state index >= 15 is 0 Å². The zero-order valence-electron chi connectivity index (χ0n) is 17.3. The van der Waals surface area contributed by atoms with Crippen molar-refractivity contribution in [2.75, 3.05) is 24.8 Å². The monoisotopic (exact) mass is 443 g/mol. The van der Waals surface area contributed by atoms with Crippen LogP contribution in [0.25, 0.3) is 0 Å². The highest BCUT2D eigenvalue weighted by atomic mass is 35.5. The van der Waals surface area contributed by atoms with Crippen LogP contribution in [-0.4, -0.2) is 34.6 Å². The number of nitrogen functional groups attached to an aromatic ring is 1. The standard InChI is InChI=1S/C21H22ClN5O4/c1-4-30-18-14(22)9-13(10-16(18)29-3)19(28)31-11-17-25-20(23)27-21(26-17)24-15-8-6-5-7-12(15)2/h5-10H,4,11H2,1-3H3,(H3,23,24,25,26,27). The molecule has 1 heterocycles. The summed E-state index contributed by atoms with van der Waals surface area (Å²) in [7, 11) is 1.46. The van der Waals surface area contributed by atoms with Crippen molar-refractivity contribution in [3.8, 4) is 11.5 Å². The molecule has 0 aliphatic rings. The molecule has 3 aromatic rings. The van der Waals surface area contributed by atoms with Gasteiger partial charge in [0, 0.05) is 5.69 Å². The van der Waals surface area contributed by atoms with Gasteiger partial charge in [-0.25, -0.2) is 4.79 Å². The van der Waals surface area contributed by atoms with E-state index in [-0.39, 0.29) is 34.9 Å². The number of ether oxygens (including phenoxy) is 3. The van der Waals surface area contributed by atoms with Crippen molar-refractivity contribution in [3.63, 3.8) is 0 Å². The Labute approximate surface area is 184 Å². The van der Waals surface area contributed by atoms with Gasteiger partial charge in [-0.3, -0.25) is 0 Å². The van der Waals surface area contributed by atoms with E-state index in [4.69, 9.17) is 31.5 Å². The number of rotatable bonds is 8. The van der Waals surface area contributed by atoms with Crippen LogP contribution in [-0.2, 0) is 11.3 Å². The molecule has 3 rings (SSSR count). The molecule has 0 amide bonds. The lowest BCUT2D eigenvalue weighted by Crippen LogP contribution is -2.11. The quantitative estimate of drug-likeness (QED) is 0.498. The minimum Gasteiger partial charge on any atom is -0.493 e. The number of carbonyl (C=O) groups is 1. The van der Waals surface area contributed by atoms with Gasteiger partial charge in [0.2, 0.25) is 11.9 Å².